The van der Waals surface area contributed by atoms with Crippen LogP contribution in [-0.2, 0) is 6.42 Å². The highest BCUT2D eigenvalue weighted by molar-refractivity contribution is 6.33. The van der Waals surface area contributed by atoms with Crippen molar-refractivity contribution in [3.8, 4) is 0 Å². The lowest BCUT2D eigenvalue weighted by Gasteiger charge is -2.21. The Balaban J connectivity index is 1.64. The van der Waals surface area contributed by atoms with Crippen LogP contribution in [0, 0.1) is 6.92 Å². The van der Waals surface area contributed by atoms with Crippen LogP contribution >= 0.6 is 11.6 Å². The van der Waals surface area contributed by atoms with Crippen LogP contribution in [0.5, 0.6) is 0 Å². The first-order valence-corrected chi connectivity index (χ1v) is 8.51. The average molecular weight is 349 g/mol. The number of aromatic nitrogens is 2. The molecular weight excluding hydrogens is 328 g/mol. The van der Waals surface area contributed by atoms with E-state index in [2.05, 4.69) is 15.0 Å². The normalized spacial score (nSPS) is 14.2. The molecule has 1 aliphatic rings. The van der Waals surface area contributed by atoms with Crippen LogP contribution in [0.1, 0.15) is 34.9 Å². The highest BCUT2D eigenvalue weighted by Crippen LogP contribution is 2.29. The quantitative estimate of drug-likeness (QED) is 0.831. The first-order chi connectivity index (χ1) is 11.5. The van der Waals surface area contributed by atoms with E-state index in [-0.39, 0.29) is 5.91 Å². The summed E-state index contributed by atoms with van der Waals surface area (Å²) in [4.78, 5) is 20.6. The van der Waals surface area contributed by atoms with Crippen molar-refractivity contribution >= 4 is 23.2 Å². The monoisotopic (exact) mass is 348 g/mol. The molecule has 0 saturated carbocycles. The minimum atomic E-state index is -0.0647. The second-order valence-electron chi connectivity index (χ2n) is 6.07. The van der Waals surface area contributed by atoms with Crippen molar-refractivity contribution in [3.05, 3.63) is 40.5 Å². The van der Waals surface area contributed by atoms with Crippen LogP contribution in [0.4, 0.5) is 5.69 Å². The van der Waals surface area contributed by atoms with Gasteiger partial charge in [-0.3, -0.25) is 4.79 Å². The van der Waals surface area contributed by atoms with Crippen molar-refractivity contribution in [1.29, 1.82) is 0 Å². The predicted octanol–water partition coefficient (Wildman–Crippen LogP) is 2.95. The van der Waals surface area contributed by atoms with Crippen LogP contribution < -0.4 is 4.90 Å². The second-order valence-corrected chi connectivity index (χ2v) is 6.47. The Morgan fingerprint density at radius 1 is 1.38 bits per heavy atom. The molecule has 128 valence electrons. The lowest BCUT2D eigenvalue weighted by Crippen LogP contribution is -2.29. The largest absolute Gasteiger partial charge is 0.370 e. The molecular formula is C17H21ClN4O2. The number of carbonyl (C=O) groups excluding carboxylic acids is 1. The minimum absolute atomic E-state index is 0.0647. The predicted molar refractivity (Wildman–Crippen MR) is 92.6 cm³/mol. The van der Waals surface area contributed by atoms with E-state index in [9.17, 15) is 4.79 Å². The third kappa shape index (κ3) is 3.70. The lowest BCUT2D eigenvalue weighted by atomic mass is 10.1. The molecule has 1 saturated heterocycles. The molecule has 0 spiro atoms. The summed E-state index contributed by atoms with van der Waals surface area (Å²) in [5.74, 6) is 1.07. The number of nitrogens with zero attached hydrogens (tertiary/aromatic N) is 4. The fourth-order valence-electron chi connectivity index (χ4n) is 2.89. The van der Waals surface area contributed by atoms with Gasteiger partial charge in [-0.15, -0.1) is 0 Å². The van der Waals surface area contributed by atoms with Crippen LogP contribution in [0.3, 0.4) is 0 Å². The number of anilines is 1. The Morgan fingerprint density at radius 3 is 2.75 bits per heavy atom. The Hall–Kier alpha value is -2.08. The van der Waals surface area contributed by atoms with Crippen molar-refractivity contribution in [3.63, 3.8) is 0 Å². The zero-order valence-electron chi connectivity index (χ0n) is 14.0. The number of rotatable bonds is 5. The number of benzene rings is 1. The Kier molecular flexibility index (Phi) is 5.04. The standard InChI is InChI=1S/C17H21ClN4O2/c1-12-19-16(20-24-12)7-10-21(2)17(23)13-5-6-15(14(18)11-13)22-8-3-4-9-22/h5-6,11H,3-4,7-10H2,1-2H3. The zero-order valence-corrected chi connectivity index (χ0v) is 14.7. The topological polar surface area (TPSA) is 62.5 Å². The molecule has 7 heteroatoms. The Labute approximate surface area is 146 Å². The van der Waals surface area contributed by atoms with Gasteiger partial charge in [0.1, 0.15) is 0 Å². The second kappa shape index (κ2) is 7.21. The molecule has 1 fully saturated rings. The van der Waals surface area contributed by atoms with Gasteiger partial charge in [0, 0.05) is 45.6 Å². The number of likely N-dealkylation sites (N-methyl/N-ethyl adjacent to an activating group) is 1. The number of carbonyl (C=O) groups is 1. The molecule has 1 amide bonds. The number of amides is 1. The molecule has 0 bridgehead atoms. The fraction of sp³-hybridized carbons (Fsp3) is 0.471. The summed E-state index contributed by atoms with van der Waals surface area (Å²) in [5.41, 5.74) is 1.60. The number of hydrogen-bond donors (Lipinski definition) is 0. The van der Waals surface area contributed by atoms with Gasteiger partial charge in [0.25, 0.3) is 5.91 Å². The molecule has 3 rings (SSSR count). The average Bonchev–Trinajstić information content (AvgIpc) is 3.23. The van der Waals surface area contributed by atoms with Crippen molar-refractivity contribution in [1.82, 2.24) is 15.0 Å². The van der Waals surface area contributed by atoms with Gasteiger partial charge in [-0.1, -0.05) is 16.8 Å². The summed E-state index contributed by atoms with van der Waals surface area (Å²) in [6, 6.07) is 5.54. The number of halogens is 1. The van der Waals surface area contributed by atoms with Gasteiger partial charge in [0.15, 0.2) is 5.82 Å². The van der Waals surface area contributed by atoms with E-state index < -0.39 is 0 Å². The summed E-state index contributed by atoms with van der Waals surface area (Å²) in [6.45, 7) is 4.31. The van der Waals surface area contributed by atoms with E-state index in [0.29, 0.717) is 35.3 Å². The van der Waals surface area contributed by atoms with E-state index >= 15 is 0 Å². The van der Waals surface area contributed by atoms with Crippen molar-refractivity contribution in [2.75, 3.05) is 31.6 Å². The van der Waals surface area contributed by atoms with Gasteiger partial charge in [-0.05, 0) is 31.0 Å². The molecule has 0 radical (unpaired) electrons. The van der Waals surface area contributed by atoms with Crippen LogP contribution in [0.15, 0.2) is 22.7 Å². The summed E-state index contributed by atoms with van der Waals surface area (Å²) in [5, 5.41) is 4.47. The van der Waals surface area contributed by atoms with E-state index in [1.807, 2.05) is 12.1 Å². The maximum Gasteiger partial charge on any atom is 0.253 e. The van der Waals surface area contributed by atoms with Crippen molar-refractivity contribution < 1.29 is 9.32 Å². The molecule has 6 nitrogen and oxygen atoms in total. The van der Waals surface area contributed by atoms with E-state index in [0.717, 1.165) is 18.8 Å². The first kappa shape index (κ1) is 16.8. The van der Waals surface area contributed by atoms with Crippen LogP contribution in [-0.4, -0.2) is 47.6 Å². The third-order valence-corrected chi connectivity index (χ3v) is 4.53. The summed E-state index contributed by atoms with van der Waals surface area (Å²) < 4.78 is 4.93. The molecule has 0 unspecified atom stereocenters. The molecule has 1 aliphatic heterocycles. The van der Waals surface area contributed by atoms with Gasteiger partial charge in [0.2, 0.25) is 5.89 Å². The lowest BCUT2D eigenvalue weighted by molar-refractivity contribution is 0.0796. The molecule has 0 N–H and O–H groups in total. The summed E-state index contributed by atoms with van der Waals surface area (Å²) in [7, 11) is 1.76. The smallest absolute Gasteiger partial charge is 0.253 e. The van der Waals surface area contributed by atoms with Crippen LogP contribution in [0.25, 0.3) is 0 Å². The van der Waals surface area contributed by atoms with Crippen molar-refractivity contribution in [2.45, 2.75) is 26.2 Å². The highest BCUT2D eigenvalue weighted by Gasteiger charge is 2.18. The number of hydrogen-bond acceptors (Lipinski definition) is 5. The van der Waals surface area contributed by atoms with Gasteiger partial charge in [0.05, 0.1) is 10.7 Å². The Morgan fingerprint density at radius 2 is 2.12 bits per heavy atom. The Bertz CT molecular complexity index is 725. The fourth-order valence-corrected chi connectivity index (χ4v) is 3.19. The van der Waals surface area contributed by atoms with Gasteiger partial charge in [-0.2, -0.15) is 4.98 Å². The molecule has 2 aromatic rings. The molecule has 0 aliphatic carbocycles. The SMILES string of the molecule is Cc1nc(CCN(C)C(=O)c2ccc(N3CCCC3)c(Cl)c2)no1. The number of aryl methyl sites for hydroxylation is 1. The molecule has 0 atom stereocenters. The molecule has 24 heavy (non-hydrogen) atoms. The van der Waals surface area contributed by atoms with E-state index in [4.69, 9.17) is 16.1 Å². The minimum Gasteiger partial charge on any atom is -0.370 e. The molecule has 1 aromatic carbocycles. The zero-order chi connectivity index (χ0) is 17.1. The van der Waals surface area contributed by atoms with Gasteiger partial charge < -0.3 is 14.3 Å². The molecule has 2 heterocycles. The summed E-state index contributed by atoms with van der Waals surface area (Å²) >= 11 is 6.39. The van der Waals surface area contributed by atoms with Crippen LogP contribution in [0.2, 0.25) is 5.02 Å². The molecule has 1 aromatic heterocycles. The van der Waals surface area contributed by atoms with Gasteiger partial charge >= 0.3 is 0 Å². The maximum absolute atomic E-state index is 12.5. The van der Waals surface area contributed by atoms with Gasteiger partial charge in [-0.25, -0.2) is 0 Å². The first-order valence-electron chi connectivity index (χ1n) is 8.14. The van der Waals surface area contributed by atoms with E-state index in [1.54, 1.807) is 24.9 Å². The third-order valence-electron chi connectivity index (χ3n) is 4.23. The summed E-state index contributed by atoms with van der Waals surface area (Å²) in [6.07, 6.45) is 2.93. The maximum atomic E-state index is 12.5. The van der Waals surface area contributed by atoms with Crippen molar-refractivity contribution in [2.24, 2.45) is 0 Å². The van der Waals surface area contributed by atoms with E-state index in [1.165, 1.54) is 12.8 Å². The highest BCUT2D eigenvalue weighted by atomic mass is 35.5.